The molecule has 45 valence electrons. The van der Waals surface area contributed by atoms with E-state index in [9.17, 15) is 0 Å². The number of amidine groups is 1. The minimum Gasteiger partial charge on any atom is -0.322 e. The number of hydrogen-bond acceptors (Lipinski definition) is 3. The number of thioether (sulfide) groups is 1. The number of hydrogen-bond donors (Lipinski definition) is 0. The molecule has 0 aromatic heterocycles. The highest BCUT2D eigenvalue weighted by molar-refractivity contribution is 8.15. The van der Waals surface area contributed by atoms with Gasteiger partial charge in [0.15, 0.2) is 5.17 Å². The fourth-order valence-electron chi connectivity index (χ4n) is 0.765. The Labute approximate surface area is 58.0 Å². The monoisotopic (exact) mass is 137 g/mol. The van der Waals surface area contributed by atoms with Crippen molar-refractivity contribution in [2.45, 2.75) is 0 Å². The lowest BCUT2D eigenvalue weighted by molar-refractivity contribution is 0.631. The van der Waals surface area contributed by atoms with Crippen LogP contribution in [0.2, 0.25) is 0 Å². The molecule has 0 fully saturated rings. The molecule has 0 bridgehead atoms. The molecule has 1 radical (unpaired) electrons. The Hall–Kier alpha value is -0.700. The summed E-state index contributed by atoms with van der Waals surface area (Å²) >= 11 is 1.55. The minimum absolute atomic E-state index is 0.943. The van der Waals surface area contributed by atoms with E-state index in [4.69, 9.17) is 0 Å². The van der Waals surface area contributed by atoms with Crippen molar-refractivity contribution in [2.24, 2.45) is 4.99 Å². The molecule has 2 heterocycles. The molecule has 2 nitrogen and oxygen atoms in total. The third-order valence-electron chi connectivity index (χ3n) is 1.20. The average Bonchev–Trinajstić information content (AvgIpc) is 2.33. The number of nitrogens with zero attached hydrogens (tertiary/aromatic N) is 2. The third kappa shape index (κ3) is 0.772. The molecular weight excluding hydrogens is 132 g/mol. The topological polar surface area (TPSA) is 15.6 Å². The predicted molar refractivity (Wildman–Crippen MR) is 38.7 cm³/mol. The predicted octanol–water partition coefficient (Wildman–Crippen LogP) is 1.19. The molecule has 2 aliphatic rings. The van der Waals surface area contributed by atoms with Crippen LogP contribution in [0.3, 0.4) is 0 Å². The quantitative estimate of drug-likeness (QED) is 0.498. The van der Waals surface area contributed by atoms with E-state index >= 15 is 0 Å². The summed E-state index contributed by atoms with van der Waals surface area (Å²) in [6, 6.07) is 0. The molecule has 0 aromatic rings. The van der Waals surface area contributed by atoms with Crippen LogP contribution >= 0.6 is 11.8 Å². The Morgan fingerprint density at radius 1 is 1.78 bits per heavy atom. The van der Waals surface area contributed by atoms with Gasteiger partial charge in [-0.05, 0) is 17.8 Å². The van der Waals surface area contributed by atoms with Crippen LogP contribution in [-0.4, -0.2) is 16.6 Å². The van der Waals surface area contributed by atoms with Crippen LogP contribution in [0.1, 0.15) is 0 Å². The van der Waals surface area contributed by atoms with Crippen molar-refractivity contribution in [3.8, 4) is 0 Å². The van der Waals surface area contributed by atoms with Crippen molar-refractivity contribution in [2.75, 3.05) is 6.54 Å². The maximum atomic E-state index is 4.12. The summed E-state index contributed by atoms with van der Waals surface area (Å²) < 4.78 is 0. The lowest BCUT2D eigenvalue weighted by atomic mass is 10.5. The third-order valence-corrected chi connectivity index (χ3v) is 1.94. The van der Waals surface area contributed by atoms with Gasteiger partial charge in [-0.15, -0.1) is 0 Å². The van der Waals surface area contributed by atoms with Gasteiger partial charge < -0.3 is 4.90 Å². The second-order valence-corrected chi connectivity index (χ2v) is 2.60. The Morgan fingerprint density at radius 2 is 2.78 bits per heavy atom. The Morgan fingerprint density at radius 3 is 3.67 bits per heavy atom. The van der Waals surface area contributed by atoms with Crippen LogP contribution in [0.5, 0.6) is 0 Å². The van der Waals surface area contributed by atoms with Crippen molar-refractivity contribution in [3.05, 3.63) is 23.9 Å². The fourth-order valence-corrected chi connectivity index (χ4v) is 1.41. The van der Waals surface area contributed by atoms with Crippen LogP contribution in [0.25, 0.3) is 0 Å². The van der Waals surface area contributed by atoms with E-state index in [1.807, 2.05) is 18.5 Å². The zero-order chi connectivity index (χ0) is 6.10. The minimum atomic E-state index is 0.943. The molecule has 0 spiro atoms. The van der Waals surface area contributed by atoms with Crippen LogP contribution in [0, 0.1) is 5.41 Å². The van der Waals surface area contributed by atoms with E-state index in [0.29, 0.717) is 0 Å². The molecule has 2 rings (SSSR count). The van der Waals surface area contributed by atoms with Crippen molar-refractivity contribution in [3.63, 3.8) is 0 Å². The van der Waals surface area contributed by atoms with Gasteiger partial charge in [0.1, 0.15) is 0 Å². The first-order chi connectivity index (χ1) is 4.47. The first-order valence-corrected chi connectivity index (χ1v) is 3.53. The van der Waals surface area contributed by atoms with E-state index < -0.39 is 0 Å². The highest BCUT2D eigenvalue weighted by atomic mass is 32.2. The number of rotatable bonds is 0. The SMILES string of the molecule is [C]1=CN2CC=CN=C2S1. The molecular formula is C6H5N2S. The lowest BCUT2D eigenvalue weighted by Crippen LogP contribution is -2.21. The largest absolute Gasteiger partial charge is 0.322 e. The van der Waals surface area contributed by atoms with Crippen LogP contribution in [0.15, 0.2) is 23.5 Å². The van der Waals surface area contributed by atoms with E-state index in [1.165, 1.54) is 0 Å². The summed E-state index contributed by atoms with van der Waals surface area (Å²) in [7, 11) is 0. The summed E-state index contributed by atoms with van der Waals surface area (Å²) in [5.41, 5.74) is 0. The second kappa shape index (κ2) is 1.92. The summed E-state index contributed by atoms with van der Waals surface area (Å²) in [4.78, 5) is 6.18. The second-order valence-electron chi connectivity index (χ2n) is 1.80. The van der Waals surface area contributed by atoms with Gasteiger partial charge in [0.2, 0.25) is 0 Å². The number of aliphatic imine (C=N–C) groups is 1. The molecule has 3 heteroatoms. The Bertz CT molecular complexity index is 205. The fraction of sp³-hybridized carbons (Fsp3) is 0.167. The summed E-state index contributed by atoms with van der Waals surface area (Å²) in [5, 5.41) is 4.05. The van der Waals surface area contributed by atoms with Crippen molar-refractivity contribution in [1.82, 2.24) is 4.90 Å². The molecule has 2 aliphatic heterocycles. The Kier molecular flexibility index (Phi) is 1.09. The first-order valence-electron chi connectivity index (χ1n) is 2.72. The van der Waals surface area contributed by atoms with Crippen LogP contribution in [0.4, 0.5) is 0 Å². The van der Waals surface area contributed by atoms with Crippen molar-refractivity contribution >= 4 is 16.9 Å². The molecule has 0 aromatic carbocycles. The zero-order valence-electron chi connectivity index (χ0n) is 4.74. The highest BCUT2D eigenvalue weighted by Crippen LogP contribution is 2.19. The van der Waals surface area contributed by atoms with Gasteiger partial charge in [0, 0.05) is 24.4 Å². The first kappa shape index (κ1) is 5.11. The highest BCUT2D eigenvalue weighted by Gasteiger charge is 2.13. The molecule has 0 aliphatic carbocycles. The molecule has 0 saturated heterocycles. The average molecular weight is 137 g/mol. The maximum absolute atomic E-state index is 4.12. The van der Waals surface area contributed by atoms with E-state index in [-0.39, 0.29) is 0 Å². The van der Waals surface area contributed by atoms with E-state index in [0.717, 1.165) is 11.7 Å². The maximum Gasteiger partial charge on any atom is 0.173 e. The molecule has 9 heavy (non-hydrogen) atoms. The summed E-state index contributed by atoms with van der Waals surface area (Å²) in [6.07, 6.45) is 5.78. The van der Waals surface area contributed by atoms with Crippen molar-refractivity contribution < 1.29 is 0 Å². The molecule has 0 atom stereocenters. The van der Waals surface area contributed by atoms with Crippen LogP contribution in [-0.2, 0) is 0 Å². The van der Waals surface area contributed by atoms with Gasteiger partial charge in [-0.25, -0.2) is 4.99 Å². The van der Waals surface area contributed by atoms with Gasteiger partial charge in [0.25, 0.3) is 0 Å². The molecule has 0 unspecified atom stereocenters. The zero-order valence-corrected chi connectivity index (χ0v) is 5.56. The smallest absolute Gasteiger partial charge is 0.173 e. The van der Waals surface area contributed by atoms with Gasteiger partial charge in [-0.2, -0.15) is 0 Å². The number of fused-ring (bicyclic) bond motifs is 1. The summed E-state index contributed by atoms with van der Waals surface area (Å²) in [5.74, 6) is 0. The van der Waals surface area contributed by atoms with Crippen molar-refractivity contribution in [1.29, 1.82) is 0 Å². The van der Waals surface area contributed by atoms with E-state index in [2.05, 4.69) is 15.3 Å². The van der Waals surface area contributed by atoms with Gasteiger partial charge in [-0.1, -0.05) is 0 Å². The van der Waals surface area contributed by atoms with Gasteiger partial charge in [0.05, 0.1) is 0 Å². The summed E-state index contributed by atoms with van der Waals surface area (Å²) in [6.45, 7) is 0.943. The van der Waals surface area contributed by atoms with Crippen LogP contribution < -0.4 is 0 Å². The molecule has 0 saturated carbocycles. The van der Waals surface area contributed by atoms with E-state index in [1.54, 1.807) is 11.8 Å². The molecule has 0 amide bonds. The lowest BCUT2D eigenvalue weighted by Gasteiger charge is -2.15. The Balaban J connectivity index is 2.29. The normalized spacial score (nSPS) is 22.2. The molecule has 0 N–H and O–H groups in total. The standard InChI is InChI=1S/C6H5N2S/c1-2-7-6-8(3-1)4-5-9-6/h1-2,4H,3H2. The van der Waals surface area contributed by atoms with Gasteiger partial charge in [-0.3, -0.25) is 0 Å². The van der Waals surface area contributed by atoms with Gasteiger partial charge >= 0.3 is 0 Å².